The summed E-state index contributed by atoms with van der Waals surface area (Å²) in [5, 5.41) is 2.88. The lowest BCUT2D eigenvalue weighted by atomic mass is 10.2. The predicted octanol–water partition coefficient (Wildman–Crippen LogP) is 1.41. The van der Waals surface area contributed by atoms with E-state index in [0.29, 0.717) is 11.4 Å². The van der Waals surface area contributed by atoms with Crippen molar-refractivity contribution in [3.8, 4) is 0 Å². The number of rotatable bonds is 2. The molecule has 1 aromatic rings. The van der Waals surface area contributed by atoms with Crippen molar-refractivity contribution in [1.29, 1.82) is 0 Å². The number of nitrogens with two attached hydrogens (primary N) is 2. The highest BCUT2D eigenvalue weighted by Crippen LogP contribution is 2.23. The van der Waals surface area contributed by atoms with E-state index in [1.54, 1.807) is 12.3 Å². The molecule has 0 fully saturated rings. The molecule has 0 radical (unpaired) electrons. The summed E-state index contributed by atoms with van der Waals surface area (Å²) in [7, 11) is 0. The van der Waals surface area contributed by atoms with Crippen LogP contribution in [-0.4, -0.2) is 0 Å². The SMILES string of the molecule is C=CNc1cccc(N)c1N. The second-order valence-electron chi connectivity index (χ2n) is 2.16. The Morgan fingerprint density at radius 1 is 1.36 bits per heavy atom. The van der Waals surface area contributed by atoms with Crippen molar-refractivity contribution in [2.24, 2.45) is 0 Å². The number of nitrogen functional groups attached to an aromatic ring is 2. The second-order valence-corrected chi connectivity index (χ2v) is 2.16. The molecular weight excluding hydrogens is 138 g/mol. The van der Waals surface area contributed by atoms with E-state index in [-0.39, 0.29) is 0 Å². The summed E-state index contributed by atoms with van der Waals surface area (Å²) in [6, 6.07) is 5.43. The van der Waals surface area contributed by atoms with Crippen molar-refractivity contribution < 1.29 is 0 Å². The molecule has 5 N–H and O–H groups in total. The zero-order valence-corrected chi connectivity index (χ0v) is 6.17. The molecule has 3 nitrogen and oxygen atoms in total. The molecule has 11 heavy (non-hydrogen) atoms. The molecule has 3 heteroatoms. The summed E-state index contributed by atoms with van der Waals surface area (Å²) in [5.74, 6) is 0. The number of anilines is 3. The third kappa shape index (κ3) is 1.43. The first-order valence-corrected chi connectivity index (χ1v) is 3.27. The van der Waals surface area contributed by atoms with Crippen LogP contribution < -0.4 is 16.8 Å². The summed E-state index contributed by atoms with van der Waals surface area (Å²) in [4.78, 5) is 0. The maximum Gasteiger partial charge on any atom is 0.0786 e. The van der Waals surface area contributed by atoms with Crippen molar-refractivity contribution in [3.05, 3.63) is 31.0 Å². The van der Waals surface area contributed by atoms with E-state index in [0.717, 1.165) is 5.69 Å². The van der Waals surface area contributed by atoms with Gasteiger partial charge in [0.05, 0.1) is 17.1 Å². The van der Waals surface area contributed by atoms with Crippen LogP contribution >= 0.6 is 0 Å². The molecular formula is C8H11N3. The van der Waals surface area contributed by atoms with E-state index in [1.807, 2.05) is 12.1 Å². The molecule has 0 aromatic heterocycles. The normalized spacial score (nSPS) is 9.09. The monoisotopic (exact) mass is 149 g/mol. The van der Waals surface area contributed by atoms with Gasteiger partial charge in [-0.2, -0.15) is 0 Å². The van der Waals surface area contributed by atoms with Gasteiger partial charge < -0.3 is 16.8 Å². The molecule has 1 rings (SSSR count). The molecule has 0 heterocycles. The number of para-hydroxylation sites is 1. The largest absolute Gasteiger partial charge is 0.397 e. The molecule has 0 aliphatic heterocycles. The minimum Gasteiger partial charge on any atom is -0.397 e. The van der Waals surface area contributed by atoms with Gasteiger partial charge in [-0.15, -0.1) is 0 Å². The number of hydrogen-bond acceptors (Lipinski definition) is 3. The van der Waals surface area contributed by atoms with E-state index in [1.165, 1.54) is 0 Å². The second kappa shape index (κ2) is 2.96. The first-order chi connectivity index (χ1) is 5.25. The van der Waals surface area contributed by atoms with Crippen LogP contribution in [0.2, 0.25) is 0 Å². The van der Waals surface area contributed by atoms with Gasteiger partial charge >= 0.3 is 0 Å². The minimum absolute atomic E-state index is 0.562. The molecule has 0 spiro atoms. The number of nitrogens with one attached hydrogen (secondary N) is 1. The quantitative estimate of drug-likeness (QED) is 0.557. The Morgan fingerprint density at radius 3 is 2.73 bits per heavy atom. The maximum atomic E-state index is 5.63. The van der Waals surface area contributed by atoms with Crippen molar-refractivity contribution in [3.63, 3.8) is 0 Å². The van der Waals surface area contributed by atoms with Gasteiger partial charge in [-0.1, -0.05) is 12.6 Å². The zero-order chi connectivity index (χ0) is 8.27. The Bertz CT molecular complexity index is 268. The van der Waals surface area contributed by atoms with E-state index in [4.69, 9.17) is 11.5 Å². The predicted molar refractivity (Wildman–Crippen MR) is 49.1 cm³/mol. The van der Waals surface area contributed by atoms with Crippen molar-refractivity contribution >= 4 is 17.1 Å². The van der Waals surface area contributed by atoms with Gasteiger partial charge in [0.2, 0.25) is 0 Å². The van der Waals surface area contributed by atoms with Gasteiger partial charge in [-0.25, -0.2) is 0 Å². The van der Waals surface area contributed by atoms with Crippen LogP contribution in [0.1, 0.15) is 0 Å². The van der Waals surface area contributed by atoms with Gasteiger partial charge in [-0.05, 0) is 18.3 Å². The van der Waals surface area contributed by atoms with Crippen LogP contribution in [0.15, 0.2) is 31.0 Å². The Labute approximate surface area is 65.7 Å². The van der Waals surface area contributed by atoms with E-state index in [9.17, 15) is 0 Å². The number of hydrogen-bond donors (Lipinski definition) is 3. The Kier molecular flexibility index (Phi) is 2.01. The van der Waals surface area contributed by atoms with Gasteiger partial charge in [0.15, 0.2) is 0 Å². The molecule has 0 saturated carbocycles. The van der Waals surface area contributed by atoms with Crippen molar-refractivity contribution in [1.82, 2.24) is 0 Å². The smallest absolute Gasteiger partial charge is 0.0786 e. The molecule has 0 amide bonds. The lowest BCUT2D eigenvalue weighted by Gasteiger charge is -2.06. The van der Waals surface area contributed by atoms with Crippen molar-refractivity contribution in [2.75, 3.05) is 16.8 Å². The van der Waals surface area contributed by atoms with Gasteiger partial charge in [0.25, 0.3) is 0 Å². The van der Waals surface area contributed by atoms with E-state index in [2.05, 4.69) is 11.9 Å². The fourth-order valence-electron chi connectivity index (χ4n) is 0.819. The fourth-order valence-corrected chi connectivity index (χ4v) is 0.819. The third-order valence-electron chi connectivity index (χ3n) is 1.40. The highest BCUT2D eigenvalue weighted by atomic mass is 14.9. The van der Waals surface area contributed by atoms with Crippen LogP contribution in [0.3, 0.4) is 0 Å². The minimum atomic E-state index is 0.562. The zero-order valence-electron chi connectivity index (χ0n) is 6.17. The molecule has 0 aliphatic rings. The molecule has 0 aliphatic carbocycles. The van der Waals surface area contributed by atoms with Crippen molar-refractivity contribution in [2.45, 2.75) is 0 Å². The lowest BCUT2D eigenvalue weighted by molar-refractivity contribution is 1.58. The standard InChI is InChI=1S/C8H11N3/c1-2-11-7-5-3-4-6(9)8(7)10/h2-5,11H,1,9-10H2. The third-order valence-corrected chi connectivity index (χ3v) is 1.40. The fraction of sp³-hybridized carbons (Fsp3) is 0. The molecule has 0 unspecified atom stereocenters. The van der Waals surface area contributed by atoms with Crippen LogP contribution in [0.4, 0.5) is 17.1 Å². The topological polar surface area (TPSA) is 64.1 Å². The van der Waals surface area contributed by atoms with Crippen LogP contribution in [0, 0.1) is 0 Å². The summed E-state index contributed by atoms with van der Waals surface area (Å²) in [6.45, 7) is 3.52. The molecule has 0 bridgehead atoms. The highest BCUT2D eigenvalue weighted by molar-refractivity contribution is 5.79. The van der Waals surface area contributed by atoms with Crippen LogP contribution in [0.25, 0.3) is 0 Å². The lowest BCUT2D eigenvalue weighted by Crippen LogP contribution is -1.98. The van der Waals surface area contributed by atoms with E-state index < -0.39 is 0 Å². The average molecular weight is 149 g/mol. The van der Waals surface area contributed by atoms with Gasteiger partial charge in [0, 0.05) is 0 Å². The van der Waals surface area contributed by atoms with Gasteiger partial charge in [-0.3, -0.25) is 0 Å². The Hall–Kier alpha value is -1.64. The average Bonchev–Trinajstić information content (AvgIpc) is 1.99. The molecule has 58 valence electrons. The number of benzene rings is 1. The first-order valence-electron chi connectivity index (χ1n) is 3.27. The Morgan fingerprint density at radius 2 is 2.09 bits per heavy atom. The summed E-state index contributed by atoms with van der Waals surface area (Å²) in [5.41, 5.74) is 13.1. The van der Waals surface area contributed by atoms with E-state index >= 15 is 0 Å². The maximum absolute atomic E-state index is 5.63. The van der Waals surface area contributed by atoms with Gasteiger partial charge in [0.1, 0.15) is 0 Å². The molecule has 0 atom stereocenters. The van der Waals surface area contributed by atoms with Crippen LogP contribution in [-0.2, 0) is 0 Å². The summed E-state index contributed by atoms with van der Waals surface area (Å²) < 4.78 is 0. The summed E-state index contributed by atoms with van der Waals surface area (Å²) in [6.07, 6.45) is 1.56. The summed E-state index contributed by atoms with van der Waals surface area (Å²) >= 11 is 0. The first kappa shape index (κ1) is 7.47. The van der Waals surface area contributed by atoms with Crippen LogP contribution in [0.5, 0.6) is 0 Å². The Balaban J connectivity index is 3.05. The molecule has 0 saturated heterocycles. The molecule has 1 aromatic carbocycles. The highest BCUT2D eigenvalue weighted by Gasteiger charge is 1.97.